The fourth-order valence-electron chi connectivity index (χ4n) is 2.39. The first-order chi connectivity index (χ1) is 9.58. The van der Waals surface area contributed by atoms with Gasteiger partial charge in [0.2, 0.25) is 0 Å². The van der Waals surface area contributed by atoms with Crippen molar-refractivity contribution in [1.29, 1.82) is 0 Å². The average molecular weight is 270 g/mol. The Morgan fingerprint density at radius 3 is 2.00 bits per heavy atom. The van der Waals surface area contributed by atoms with Crippen molar-refractivity contribution in [3.05, 3.63) is 60.2 Å². The molecule has 106 valence electrons. The monoisotopic (exact) mass is 270 g/mol. The van der Waals surface area contributed by atoms with E-state index < -0.39 is 5.60 Å². The molecule has 0 amide bonds. The number of rotatable bonds is 5. The van der Waals surface area contributed by atoms with Gasteiger partial charge in [0.05, 0.1) is 6.61 Å². The van der Waals surface area contributed by atoms with Gasteiger partial charge >= 0.3 is 0 Å². The highest BCUT2D eigenvalue weighted by molar-refractivity contribution is 5.63. The lowest BCUT2D eigenvalue weighted by Gasteiger charge is -2.32. The molecule has 0 aliphatic carbocycles. The standard InChI is InChI=1S/C18H22O2/c1-14(2)18(19,13-20-3)17-11-9-16(10-12-17)15-7-5-4-6-8-15/h4-12,14,19H,13H2,1-3H3. The van der Waals surface area contributed by atoms with Crippen LogP contribution in [0.5, 0.6) is 0 Å². The van der Waals surface area contributed by atoms with Crippen molar-refractivity contribution < 1.29 is 9.84 Å². The van der Waals surface area contributed by atoms with Crippen molar-refractivity contribution in [3.8, 4) is 11.1 Å². The molecule has 1 N–H and O–H groups in total. The molecule has 2 nitrogen and oxygen atoms in total. The summed E-state index contributed by atoms with van der Waals surface area (Å²) >= 11 is 0. The molecule has 2 aromatic carbocycles. The Kier molecular flexibility index (Phi) is 4.58. The number of hydrogen-bond acceptors (Lipinski definition) is 2. The molecule has 0 aromatic heterocycles. The third-order valence-electron chi connectivity index (χ3n) is 3.81. The fraction of sp³-hybridized carbons (Fsp3) is 0.333. The zero-order chi connectivity index (χ0) is 14.6. The van der Waals surface area contributed by atoms with Gasteiger partial charge in [0, 0.05) is 7.11 Å². The lowest BCUT2D eigenvalue weighted by atomic mass is 9.83. The Hall–Kier alpha value is -1.64. The summed E-state index contributed by atoms with van der Waals surface area (Å²) in [6, 6.07) is 18.3. The summed E-state index contributed by atoms with van der Waals surface area (Å²) in [5, 5.41) is 10.8. The van der Waals surface area contributed by atoms with Gasteiger partial charge in [0.1, 0.15) is 5.60 Å². The van der Waals surface area contributed by atoms with Crippen LogP contribution in [0.25, 0.3) is 11.1 Å². The molecule has 0 fully saturated rings. The van der Waals surface area contributed by atoms with Gasteiger partial charge in [0.25, 0.3) is 0 Å². The van der Waals surface area contributed by atoms with Crippen LogP contribution in [-0.4, -0.2) is 18.8 Å². The van der Waals surface area contributed by atoms with E-state index in [1.807, 2.05) is 56.3 Å². The van der Waals surface area contributed by atoms with E-state index in [1.165, 1.54) is 5.56 Å². The zero-order valence-electron chi connectivity index (χ0n) is 12.3. The Labute approximate surface area is 121 Å². The van der Waals surface area contributed by atoms with E-state index >= 15 is 0 Å². The normalized spacial score (nSPS) is 14.2. The van der Waals surface area contributed by atoms with Crippen molar-refractivity contribution in [2.75, 3.05) is 13.7 Å². The molecule has 20 heavy (non-hydrogen) atoms. The van der Waals surface area contributed by atoms with Gasteiger partial charge in [-0.3, -0.25) is 0 Å². The molecular weight excluding hydrogens is 248 g/mol. The smallest absolute Gasteiger partial charge is 0.115 e. The molecule has 0 saturated carbocycles. The second kappa shape index (κ2) is 6.21. The van der Waals surface area contributed by atoms with Crippen LogP contribution in [0, 0.1) is 5.92 Å². The first-order valence-corrected chi connectivity index (χ1v) is 6.95. The van der Waals surface area contributed by atoms with Crippen LogP contribution in [0.2, 0.25) is 0 Å². The van der Waals surface area contributed by atoms with Gasteiger partial charge < -0.3 is 9.84 Å². The Morgan fingerprint density at radius 1 is 0.950 bits per heavy atom. The molecule has 0 aliphatic heterocycles. The van der Waals surface area contributed by atoms with Gasteiger partial charge in [-0.25, -0.2) is 0 Å². The van der Waals surface area contributed by atoms with E-state index in [0.717, 1.165) is 11.1 Å². The number of benzene rings is 2. The van der Waals surface area contributed by atoms with Gasteiger partial charge in [-0.1, -0.05) is 68.4 Å². The quantitative estimate of drug-likeness (QED) is 0.894. The summed E-state index contributed by atoms with van der Waals surface area (Å²) in [6.45, 7) is 4.31. The van der Waals surface area contributed by atoms with Crippen LogP contribution in [0.15, 0.2) is 54.6 Å². The molecule has 0 bridgehead atoms. The maximum Gasteiger partial charge on any atom is 0.115 e. The van der Waals surface area contributed by atoms with E-state index in [1.54, 1.807) is 7.11 Å². The molecule has 0 saturated heterocycles. The largest absolute Gasteiger partial charge is 0.382 e. The topological polar surface area (TPSA) is 29.5 Å². The summed E-state index contributed by atoms with van der Waals surface area (Å²) in [4.78, 5) is 0. The van der Waals surface area contributed by atoms with Crippen LogP contribution < -0.4 is 0 Å². The molecule has 2 aromatic rings. The van der Waals surface area contributed by atoms with Crippen LogP contribution in [0.1, 0.15) is 19.4 Å². The van der Waals surface area contributed by atoms with Crippen molar-refractivity contribution in [2.24, 2.45) is 5.92 Å². The minimum Gasteiger partial charge on any atom is -0.382 e. The molecule has 2 rings (SSSR count). The van der Waals surface area contributed by atoms with Crippen molar-refractivity contribution in [2.45, 2.75) is 19.4 Å². The number of aliphatic hydroxyl groups is 1. The van der Waals surface area contributed by atoms with E-state index in [4.69, 9.17) is 4.74 Å². The van der Waals surface area contributed by atoms with E-state index in [-0.39, 0.29) is 5.92 Å². The molecule has 1 atom stereocenters. The summed E-state index contributed by atoms with van der Waals surface area (Å²) in [5.41, 5.74) is 2.29. The van der Waals surface area contributed by atoms with E-state index in [9.17, 15) is 5.11 Å². The molecular formula is C18H22O2. The highest BCUT2D eigenvalue weighted by Gasteiger charge is 2.33. The highest BCUT2D eigenvalue weighted by atomic mass is 16.5. The van der Waals surface area contributed by atoms with Crippen molar-refractivity contribution >= 4 is 0 Å². The predicted octanol–water partition coefficient (Wildman–Crippen LogP) is 3.84. The van der Waals surface area contributed by atoms with Gasteiger partial charge in [-0.15, -0.1) is 0 Å². The SMILES string of the molecule is COCC(O)(c1ccc(-c2ccccc2)cc1)C(C)C. The van der Waals surface area contributed by atoms with Crippen molar-refractivity contribution in [1.82, 2.24) is 0 Å². The van der Waals surface area contributed by atoms with Crippen LogP contribution in [0.3, 0.4) is 0 Å². The predicted molar refractivity (Wildman–Crippen MR) is 82.5 cm³/mol. The fourth-order valence-corrected chi connectivity index (χ4v) is 2.39. The zero-order valence-corrected chi connectivity index (χ0v) is 12.3. The van der Waals surface area contributed by atoms with Crippen LogP contribution in [-0.2, 0) is 10.3 Å². The molecule has 1 unspecified atom stereocenters. The lowest BCUT2D eigenvalue weighted by Crippen LogP contribution is -2.36. The number of hydrogen-bond donors (Lipinski definition) is 1. The minimum absolute atomic E-state index is 0.0880. The Bertz CT molecular complexity index is 531. The average Bonchev–Trinajstić information content (AvgIpc) is 2.48. The first kappa shape index (κ1) is 14.8. The summed E-state index contributed by atoms with van der Waals surface area (Å²) in [5.74, 6) is 0.0880. The summed E-state index contributed by atoms with van der Waals surface area (Å²) in [7, 11) is 1.62. The molecule has 0 aliphatic rings. The van der Waals surface area contributed by atoms with E-state index in [2.05, 4.69) is 12.1 Å². The number of ether oxygens (including phenoxy) is 1. The van der Waals surface area contributed by atoms with Gasteiger partial charge in [-0.2, -0.15) is 0 Å². The highest BCUT2D eigenvalue weighted by Crippen LogP contribution is 2.31. The third-order valence-corrected chi connectivity index (χ3v) is 3.81. The second-order valence-corrected chi connectivity index (χ2v) is 5.46. The van der Waals surface area contributed by atoms with Gasteiger partial charge in [-0.05, 0) is 22.6 Å². The minimum atomic E-state index is -0.941. The maximum absolute atomic E-state index is 10.8. The van der Waals surface area contributed by atoms with Crippen LogP contribution in [0.4, 0.5) is 0 Å². The molecule has 0 heterocycles. The summed E-state index contributed by atoms with van der Waals surface area (Å²) in [6.07, 6.45) is 0. The summed E-state index contributed by atoms with van der Waals surface area (Å²) < 4.78 is 5.19. The molecule has 0 radical (unpaired) electrons. The van der Waals surface area contributed by atoms with Crippen molar-refractivity contribution in [3.63, 3.8) is 0 Å². The Balaban J connectivity index is 2.32. The van der Waals surface area contributed by atoms with Gasteiger partial charge in [0.15, 0.2) is 0 Å². The third kappa shape index (κ3) is 2.92. The number of methoxy groups -OCH3 is 1. The lowest BCUT2D eigenvalue weighted by molar-refractivity contribution is -0.0700. The maximum atomic E-state index is 10.8. The Morgan fingerprint density at radius 2 is 1.50 bits per heavy atom. The van der Waals surface area contributed by atoms with E-state index in [0.29, 0.717) is 6.61 Å². The molecule has 0 spiro atoms. The second-order valence-electron chi connectivity index (χ2n) is 5.46. The first-order valence-electron chi connectivity index (χ1n) is 6.95. The molecule has 2 heteroatoms. The van der Waals surface area contributed by atoms with Crippen LogP contribution >= 0.6 is 0 Å².